The van der Waals surface area contributed by atoms with Crippen LogP contribution in [-0.4, -0.2) is 24.2 Å². The average Bonchev–Trinajstić information content (AvgIpc) is 3.25. The van der Waals surface area contributed by atoms with Crippen LogP contribution in [0.25, 0.3) is 10.9 Å². The number of pyridine rings is 1. The third kappa shape index (κ3) is 3.17. The number of nitrogens with one attached hydrogen (secondary N) is 1. The summed E-state index contributed by atoms with van der Waals surface area (Å²) < 4.78 is 5.82. The molecule has 0 aliphatic heterocycles. The van der Waals surface area contributed by atoms with E-state index < -0.39 is 0 Å². The number of rotatable bonds is 6. The van der Waals surface area contributed by atoms with E-state index in [2.05, 4.69) is 10.3 Å². The summed E-state index contributed by atoms with van der Waals surface area (Å²) in [6, 6.07) is 8.37. The molecular formula is C15H17ClN2O. The highest BCUT2D eigenvalue weighted by atomic mass is 35.5. The van der Waals surface area contributed by atoms with E-state index in [4.69, 9.17) is 16.3 Å². The summed E-state index contributed by atoms with van der Waals surface area (Å²) in [6.07, 6.45) is 5.42. The normalized spacial score (nSPS) is 14.8. The van der Waals surface area contributed by atoms with Crippen molar-refractivity contribution in [2.45, 2.75) is 25.3 Å². The van der Waals surface area contributed by atoms with Crippen LogP contribution in [-0.2, 0) is 0 Å². The van der Waals surface area contributed by atoms with E-state index in [1.54, 1.807) is 6.20 Å². The molecule has 100 valence electrons. The van der Waals surface area contributed by atoms with E-state index in [9.17, 15) is 0 Å². The van der Waals surface area contributed by atoms with Gasteiger partial charge in [-0.1, -0.05) is 11.6 Å². The fraction of sp³-hybridized carbons (Fsp3) is 0.400. The maximum atomic E-state index is 6.15. The molecule has 1 aromatic heterocycles. The van der Waals surface area contributed by atoms with Gasteiger partial charge in [0.1, 0.15) is 11.3 Å². The Morgan fingerprint density at radius 1 is 1.32 bits per heavy atom. The monoisotopic (exact) mass is 276 g/mol. The van der Waals surface area contributed by atoms with Gasteiger partial charge in [0.25, 0.3) is 0 Å². The van der Waals surface area contributed by atoms with Crippen LogP contribution in [0.4, 0.5) is 0 Å². The molecule has 0 spiro atoms. The van der Waals surface area contributed by atoms with Crippen LogP contribution in [0.3, 0.4) is 0 Å². The van der Waals surface area contributed by atoms with E-state index >= 15 is 0 Å². The lowest BCUT2D eigenvalue weighted by molar-refractivity contribution is 0.311. The fourth-order valence-electron chi connectivity index (χ4n) is 2.08. The Morgan fingerprint density at radius 2 is 2.21 bits per heavy atom. The van der Waals surface area contributed by atoms with Gasteiger partial charge < -0.3 is 10.1 Å². The molecule has 19 heavy (non-hydrogen) atoms. The Balaban J connectivity index is 1.61. The topological polar surface area (TPSA) is 34.1 Å². The maximum absolute atomic E-state index is 6.15. The van der Waals surface area contributed by atoms with E-state index in [1.165, 1.54) is 12.8 Å². The largest absolute Gasteiger partial charge is 0.491 e. The maximum Gasteiger partial charge on any atom is 0.145 e. The first-order valence-corrected chi connectivity index (χ1v) is 7.12. The molecule has 0 bridgehead atoms. The van der Waals surface area contributed by atoms with Crippen LogP contribution >= 0.6 is 11.6 Å². The lowest BCUT2D eigenvalue weighted by Gasteiger charge is -2.09. The van der Waals surface area contributed by atoms with E-state index in [0.717, 1.165) is 35.7 Å². The Kier molecular flexibility index (Phi) is 3.85. The predicted octanol–water partition coefficient (Wildman–Crippen LogP) is 3.41. The van der Waals surface area contributed by atoms with Crippen molar-refractivity contribution < 1.29 is 4.74 Å². The van der Waals surface area contributed by atoms with Crippen LogP contribution < -0.4 is 10.1 Å². The molecule has 3 nitrogen and oxygen atoms in total. The van der Waals surface area contributed by atoms with Gasteiger partial charge in [-0.25, -0.2) is 0 Å². The lowest BCUT2D eigenvalue weighted by atomic mass is 10.2. The molecule has 0 unspecified atom stereocenters. The molecule has 1 aliphatic rings. The molecule has 0 amide bonds. The molecule has 0 saturated heterocycles. The van der Waals surface area contributed by atoms with Crippen LogP contribution in [0.2, 0.25) is 5.02 Å². The third-order valence-electron chi connectivity index (χ3n) is 3.27. The van der Waals surface area contributed by atoms with Crippen molar-refractivity contribution in [1.82, 2.24) is 10.3 Å². The van der Waals surface area contributed by atoms with Crippen molar-refractivity contribution in [2.24, 2.45) is 0 Å². The summed E-state index contributed by atoms with van der Waals surface area (Å²) in [5, 5.41) is 5.13. The number of hydrogen-bond donors (Lipinski definition) is 1. The van der Waals surface area contributed by atoms with Crippen molar-refractivity contribution >= 4 is 22.5 Å². The Labute approximate surface area is 117 Å². The number of nitrogens with zero attached hydrogens (tertiary/aromatic N) is 1. The van der Waals surface area contributed by atoms with Crippen molar-refractivity contribution in [3.8, 4) is 5.75 Å². The quantitative estimate of drug-likeness (QED) is 0.821. The van der Waals surface area contributed by atoms with Crippen molar-refractivity contribution in [1.29, 1.82) is 0 Å². The molecule has 2 aromatic rings. The third-order valence-corrected chi connectivity index (χ3v) is 3.60. The summed E-state index contributed by atoms with van der Waals surface area (Å²) in [5.41, 5.74) is 0.838. The zero-order valence-corrected chi connectivity index (χ0v) is 11.5. The van der Waals surface area contributed by atoms with E-state index in [-0.39, 0.29) is 0 Å². The Hall–Kier alpha value is -1.32. The van der Waals surface area contributed by atoms with Gasteiger partial charge in [0, 0.05) is 17.6 Å². The number of aromatic nitrogens is 1. The second-order valence-electron chi connectivity index (χ2n) is 4.88. The van der Waals surface area contributed by atoms with Gasteiger partial charge in [-0.2, -0.15) is 0 Å². The summed E-state index contributed by atoms with van der Waals surface area (Å²) in [5.74, 6) is 0.812. The minimum atomic E-state index is 0.701. The smallest absolute Gasteiger partial charge is 0.145 e. The molecule has 4 heteroatoms. The highest BCUT2D eigenvalue weighted by Crippen LogP contribution is 2.29. The van der Waals surface area contributed by atoms with Gasteiger partial charge in [0.05, 0.1) is 11.6 Å². The second kappa shape index (κ2) is 5.76. The minimum absolute atomic E-state index is 0.701. The van der Waals surface area contributed by atoms with E-state index in [0.29, 0.717) is 11.6 Å². The molecule has 1 N–H and O–H groups in total. The number of hydrogen-bond acceptors (Lipinski definition) is 3. The molecule has 0 atom stereocenters. The summed E-state index contributed by atoms with van der Waals surface area (Å²) in [4.78, 5) is 4.35. The van der Waals surface area contributed by atoms with Gasteiger partial charge in [0.15, 0.2) is 0 Å². The highest BCUT2D eigenvalue weighted by molar-refractivity contribution is 6.35. The molecule has 1 saturated carbocycles. The standard InChI is InChI=1S/C15H17ClN2O/c16-13-6-7-14(15-12(13)3-1-8-18-15)19-10-2-9-17-11-4-5-11/h1,3,6-8,11,17H,2,4-5,9-10H2. The van der Waals surface area contributed by atoms with Gasteiger partial charge in [-0.05, 0) is 50.1 Å². The summed E-state index contributed by atoms with van der Waals surface area (Å²) >= 11 is 6.15. The summed E-state index contributed by atoms with van der Waals surface area (Å²) in [6.45, 7) is 1.72. The van der Waals surface area contributed by atoms with Crippen LogP contribution in [0.5, 0.6) is 5.75 Å². The molecular weight excluding hydrogens is 260 g/mol. The van der Waals surface area contributed by atoms with Crippen molar-refractivity contribution in [3.05, 3.63) is 35.5 Å². The van der Waals surface area contributed by atoms with Gasteiger partial charge in [-0.15, -0.1) is 0 Å². The predicted molar refractivity (Wildman–Crippen MR) is 77.9 cm³/mol. The SMILES string of the molecule is Clc1ccc(OCCCNC2CC2)c2ncccc12. The van der Waals surface area contributed by atoms with Gasteiger partial charge >= 0.3 is 0 Å². The average molecular weight is 277 g/mol. The van der Waals surface area contributed by atoms with E-state index in [1.807, 2.05) is 24.3 Å². The molecule has 1 aromatic carbocycles. The van der Waals surface area contributed by atoms with Crippen LogP contribution in [0.1, 0.15) is 19.3 Å². The van der Waals surface area contributed by atoms with Crippen molar-refractivity contribution in [2.75, 3.05) is 13.2 Å². The summed E-state index contributed by atoms with van der Waals surface area (Å²) in [7, 11) is 0. The number of halogens is 1. The van der Waals surface area contributed by atoms with Crippen LogP contribution in [0, 0.1) is 0 Å². The molecule has 1 heterocycles. The zero-order valence-electron chi connectivity index (χ0n) is 10.7. The minimum Gasteiger partial charge on any atom is -0.491 e. The molecule has 0 radical (unpaired) electrons. The van der Waals surface area contributed by atoms with Crippen molar-refractivity contribution in [3.63, 3.8) is 0 Å². The first kappa shape index (κ1) is 12.7. The molecule has 1 aliphatic carbocycles. The first-order valence-electron chi connectivity index (χ1n) is 6.74. The fourth-order valence-corrected chi connectivity index (χ4v) is 2.29. The Morgan fingerprint density at radius 3 is 3.05 bits per heavy atom. The number of ether oxygens (including phenoxy) is 1. The molecule has 3 rings (SSSR count). The second-order valence-corrected chi connectivity index (χ2v) is 5.28. The number of fused-ring (bicyclic) bond motifs is 1. The van der Waals surface area contributed by atoms with Gasteiger partial charge in [-0.3, -0.25) is 4.98 Å². The van der Waals surface area contributed by atoms with Gasteiger partial charge in [0.2, 0.25) is 0 Å². The highest BCUT2D eigenvalue weighted by Gasteiger charge is 2.19. The zero-order chi connectivity index (χ0) is 13.1. The Bertz CT molecular complexity index is 569. The number of benzene rings is 1. The van der Waals surface area contributed by atoms with Crippen LogP contribution in [0.15, 0.2) is 30.5 Å². The first-order chi connectivity index (χ1) is 9.34. The lowest BCUT2D eigenvalue weighted by Crippen LogP contribution is -2.19. The molecule has 1 fully saturated rings.